The van der Waals surface area contributed by atoms with Crippen LogP contribution in [0.2, 0.25) is 0 Å². The van der Waals surface area contributed by atoms with Gasteiger partial charge in [-0.05, 0) is 46.5 Å². The van der Waals surface area contributed by atoms with Crippen LogP contribution in [0.3, 0.4) is 0 Å². The number of pyridine rings is 1. The average Bonchev–Trinajstić information content (AvgIpc) is 2.51. The third kappa shape index (κ3) is 4.96. The summed E-state index contributed by atoms with van der Waals surface area (Å²) in [5.74, 6) is -2.04. The van der Waals surface area contributed by atoms with Gasteiger partial charge in [-0.25, -0.2) is 19.0 Å². The topological polar surface area (TPSA) is 121 Å². The minimum absolute atomic E-state index is 0.151. The smallest absolute Gasteiger partial charge is 0.408 e. The summed E-state index contributed by atoms with van der Waals surface area (Å²) in [7, 11) is 0. The Morgan fingerprint density at radius 1 is 1.35 bits per heavy atom. The summed E-state index contributed by atoms with van der Waals surface area (Å²) in [4.78, 5) is 27.3. The number of rotatable bonds is 4. The molecule has 9 heteroatoms. The molecule has 8 nitrogen and oxygen atoms in total. The van der Waals surface area contributed by atoms with Gasteiger partial charge in [0.05, 0.1) is 6.20 Å². The fourth-order valence-electron chi connectivity index (χ4n) is 2.90. The molecule has 1 aliphatic carbocycles. The van der Waals surface area contributed by atoms with Gasteiger partial charge in [0, 0.05) is 12.1 Å². The summed E-state index contributed by atoms with van der Waals surface area (Å²) in [6.07, 6.45) is 1.27. The SMILES string of the molecule is CC(C)(C)OC(=O)NC1(C(=O)O)CCC(Nc2cc(F)cnc2O)CC1. The lowest BCUT2D eigenvalue weighted by Crippen LogP contribution is -2.58. The summed E-state index contributed by atoms with van der Waals surface area (Å²) in [5.41, 5.74) is -1.99. The molecule has 0 atom stereocenters. The van der Waals surface area contributed by atoms with E-state index in [0.29, 0.717) is 12.8 Å². The maximum atomic E-state index is 13.3. The average molecular weight is 369 g/mol. The number of hydrogen-bond donors (Lipinski definition) is 4. The molecule has 1 fully saturated rings. The first-order chi connectivity index (χ1) is 12.0. The van der Waals surface area contributed by atoms with Crippen molar-refractivity contribution in [2.24, 2.45) is 0 Å². The molecule has 1 amide bonds. The first kappa shape index (κ1) is 19.7. The van der Waals surface area contributed by atoms with Crippen LogP contribution < -0.4 is 10.6 Å². The van der Waals surface area contributed by atoms with Crippen molar-refractivity contribution in [3.05, 3.63) is 18.1 Å². The van der Waals surface area contributed by atoms with Gasteiger partial charge in [0.15, 0.2) is 0 Å². The first-order valence-electron chi connectivity index (χ1n) is 8.36. The summed E-state index contributed by atoms with van der Waals surface area (Å²) in [6.45, 7) is 5.08. The Bertz CT molecular complexity index is 681. The van der Waals surface area contributed by atoms with E-state index >= 15 is 0 Å². The second-order valence-electron chi connectivity index (χ2n) is 7.46. The maximum Gasteiger partial charge on any atom is 0.408 e. The highest BCUT2D eigenvalue weighted by molar-refractivity contribution is 5.84. The molecule has 1 aromatic rings. The molecule has 1 aromatic heterocycles. The molecular formula is C17H24FN3O5. The van der Waals surface area contributed by atoms with Gasteiger partial charge in [-0.15, -0.1) is 0 Å². The van der Waals surface area contributed by atoms with E-state index < -0.39 is 29.0 Å². The van der Waals surface area contributed by atoms with Gasteiger partial charge in [-0.3, -0.25) is 0 Å². The van der Waals surface area contributed by atoms with Crippen LogP contribution in [0, 0.1) is 5.82 Å². The van der Waals surface area contributed by atoms with Crippen LogP contribution in [0.25, 0.3) is 0 Å². The number of alkyl carbamates (subject to hydrolysis) is 1. The van der Waals surface area contributed by atoms with E-state index in [-0.39, 0.29) is 30.5 Å². The lowest BCUT2D eigenvalue weighted by Gasteiger charge is -2.38. The zero-order valence-electron chi connectivity index (χ0n) is 15.0. The standard InChI is InChI=1S/C17H24FN3O5/c1-16(2,3)26-15(25)21-17(14(23)24)6-4-11(5-7-17)20-12-8-10(18)9-19-13(12)22/h8-9,11,20H,4-7H2,1-3H3,(H,19,22)(H,21,25)(H,23,24). The maximum absolute atomic E-state index is 13.3. The van der Waals surface area contributed by atoms with E-state index in [9.17, 15) is 24.2 Å². The van der Waals surface area contributed by atoms with Crippen molar-refractivity contribution < 1.29 is 28.9 Å². The largest absolute Gasteiger partial charge is 0.492 e. The number of carboxylic acids is 1. The van der Waals surface area contributed by atoms with Crippen molar-refractivity contribution in [3.63, 3.8) is 0 Å². The van der Waals surface area contributed by atoms with E-state index in [2.05, 4.69) is 15.6 Å². The van der Waals surface area contributed by atoms with Crippen LogP contribution in [0.5, 0.6) is 5.88 Å². The van der Waals surface area contributed by atoms with Crippen molar-refractivity contribution in [2.45, 2.75) is 63.6 Å². The van der Waals surface area contributed by atoms with E-state index in [4.69, 9.17) is 4.74 Å². The molecule has 0 spiro atoms. The van der Waals surface area contributed by atoms with Crippen LogP contribution in [-0.2, 0) is 9.53 Å². The molecule has 0 aromatic carbocycles. The third-order valence-corrected chi connectivity index (χ3v) is 4.18. The Labute approximate surface area is 150 Å². The van der Waals surface area contributed by atoms with Gasteiger partial charge < -0.3 is 25.6 Å². The molecular weight excluding hydrogens is 345 g/mol. The minimum atomic E-state index is -1.41. The molecule has 1 heterocycles. The highest BCUT2D eigenvalue weighted by atomic mass is 19.1. The van der Waals surface area contributed by atoms with Gasteiger partial charge in [-0.1, -0.05) is 0 Å². The Hall–Kier alpha value is -2.58. The second-order valence-corrected chi connectivity index (χ2v) is 7.46. The highest BCUT2D eigenvalue weighted by Gasteiger charge is 2.44. The third-order valence-electron chi connectivity index (χ3n) is 4.18. The quantitative estimate of drug-likeness (QED) is 0.644. The van der Waals surface area contributed by atoms with Crippen molar-refractivity contribution in [2.75, 3.05) is 5.32 Å². The molecule has 144 valence electrons. The molecule has 0 unspecified atom stereocenters. The minimum Gasteiger partial charge on any atom is -0.492 e. The zero-order chi connectivity index (χ0) is 19.5. The van der Waals surface area contributed by atoms with Crippen molar-refractivity contribution in [3.8, 4) is 5.88 Å². The molecule has 4 N–H and O–H groups in total. The number of halogens is 1. The Balaban J connectivity index is 2.01. The van der Waals surface area contributed by atoms with Crippen LogP contribution in [0.15, 0.2) is 12.3 Å². The molecule has 26 heavy (non-hydrogen) atoms. The van der Waals surface area contributed by atoms with Gasteiger partial charge >= 0.3 is 12.1 Å². The van der Waals surface area contributed by atoms with Crippen molar-refractivity contribution in [1.82, 2.24) is 10.3 Å². The second kappa shape index (κ2) is 7.35. The fraction of sp³-hybridized carbons (Fsp3) is 0.588. The number of carbonyl (C=O) groups is 2. The summed E-state index contributed by atoms with van der Waals surface area (Å²) < 4.78 is 18.4. The van der Waals surface area contributed by atoms with Crippen LogP contribution in [0.4, 0.5) is 14.9 Å². The number of nitrogens with one attached hydrogen (secondary N) is 2. The van der Waals surface area contributed by atoms with Crippen LogP contribution in [0.1, 0.15) is 46.5 Å². The Morgan fingerprint density at radius 2 is 1.96 bits per heavy atom. The van der Waals surface area contributed by atoms with E-state index in [1.807, 2.05) is 0 Å². The first-order valence-corrected chi connectivity index (χ1v) is 8.36. The highest BCUT2D eigenvalue weighted by Crippen LogP contribution is 2.32. The van der Waals surface area contributed by atoms with Gasteiger partial charge in [0.25, 0.3) is 0 Å². The summed E-state index contributed by atoms with van der Waals surface area (Å²) >= 11 is 0. The number of hydrogen-bond acceptors (Lipinski definition) is 6. The predicted octanol–water partition coefficient (Wildman–Crippen LogP) is 2.63. The molecule has 1 aliphatic rings. The van der Waals surface area contributed by atoms with Crippen LogP contribution in [-0.4, -0.2) is 44.4 Å². The molecule has 0 aliphatic heterocycles. The number of amides is 1. The fourth-order valence-corrected chi connectivity index (χ4v) is 2.90. The number of anilines is 1. The molecule has 1 saturated carbocycles. The zero-order valence-corrected chi connectivity index (χ0v) is 15.0. The monoisotopic (exact) mass is 369 g/mol. The van der Waals surface area contributed by atoms with E-state index in [0.717, 1.165) is 12.3 Å². The lowest BCUT2D eigenvalue weighted by atomic mass is 9.79. The Kier molecular flexibility index (Phi) is 5.58. The van der Waals surface area contributed by atoms with Crippen molar-refractivity contribution in [1.29, 1.82) is 0 Å². The molecule has 2 rings (SSSR count). The number of nitrogens with zero attached hydrogens (tertiary/aromatic N) is 1. The lowest BCUT2D eigenvalue weighted by molar-refractivity contribution is -0.146. The van der Waals surface area contributed by atoms with Crippen molar-refractivity contribution >= 4 is 17.7 Å². The Morgan fingerprint density at radius 3 is 2.50 bits per heavy atom. The number of carbonyl (C=O) groups excluding carboxylic acids is 1. The molecule has 0 saturated heterocycles. The number of carboxylic acid groups (broad SMARTS) is 1. The van der Waals surface area contributed by atoms with Crippen LogP contribution >= 0.6 is 0 Å². The summed E-state index contributed by atoms with van der Waals surface area (Å²) in [5, 5.41) is 24.7. The van der Waals surface area contributed by atoms with Gasteiger partial charge in [0.2, 0.25) is 5.88 Å². The van der Waals surface area contributed by atoms with Gasteiger partial charge in [-0.2, -0.15) is 0 Å². The number of ether oxygens (including phenoxy) is 1. The van der Waals surface area contributed by atoms with Gasteiger partial charge in [0.1, 0.15) is 22.6 Å². The normalized spacial score (nSPS) is 23.2. The predicted molar refractivity (Wildman–Crippen MR) is 91.5 cm³/mol. The molecule has 0 bridgehead atoms. The van der Waals surface area contributed by atoms with E-state index in [1.165, 1.54) is 0 Å². The number of aromatic nitrogens is 1. The number of aromatic hydroxyl groups is 1. The molecule has 0 radical (unpaired) electrons. The summed E-state index contributed by atoms with van der Waals surface area (Å²) in [6, 6.07) is 0.942. The van der Waals surface area contributed by atoms with E-state index in [1.54, 1.807) is 20.8 Å². The number of aliphatic carboxylic acids is 1.